The van der Waals surface area contributed by atoms with Crippen LogP contribution >= 0.6 is 11.8 Å². The lowest BCUT2D eigenvalue weighted by atomic mass is 10.1. The number of benzene rings is 1. The van der Waals surface area contributed by atoms with Gasteiger partial charge in [-0.2, -0.15) is 5.26 Å². The van der Waals surface area contributed by atoms with E-state index in [1.807, 2.05) is 12.1 Å². The fraction of sp³-hybridized carbons (Fsp3) is 0.385. The zero-order chi connectivity index (χ0) is 13.0. The van der Waals surface area contributed by atoms with E-state index in [1.54, 1.807) is 16.7 Å². The number of fused-ring (bicyclic) bond motifs is 1. The smallest absolute Gasteiger partial charge is 0.237 e. The van der Waals surface area contributed by atoms with Gasteiger partial charge in [0.1, 0.15) is 0 Å². The molecule has 0 fully saturated rings. The maximum Gasteiger partial charge on any atom is 0.237 e. The second-order valence-corrected chi connectivity index (χ2v) is 5.10. The Morgan fingerprint density at radius 3 is 3.06 bits per heavy atom. The van der Waals surface area contributed by atoms with Gasteiger partial charge in [-0.25, -0.2) is 0 Å². The quantitative estimate of drug-likeness (QED) is 0.892. The summed E-state index contributed by atoms with van der Waals surface area (Å²) in [4.78, 5) is 14.7. The summed E-state index contributed by atoms with van der Waals surface area (Å²) in [6.45, 7) is 1.06. The number of hydrogen-bond donors (Lipinski definition) is 1. The minimum atomic E-state index is 0.0765. The predicted molar refractivity (Wildman–Crippen MR) is 72.5 cm³/mol. The average Bonchev–Trinajstić information content (AvgIpc) is 2.38. The number of rotatable bonds is 4. The summed E-state index contributed by atoms with van der Waals surface area (Å²) >= 11 is 1.56. The first-order valence-corrected chi connectivity index (χ1v) is 6.88. The summed E-state index contributed by atoms with van der Waals surface area (Å²) in [6, 6.07) is 8.19. The van der Waals surface area contributed by atoms with Crippen LogP contribution in [0.25, 0.3) is 0 Å². The molecule has 4 nitrogen and oxygen atoms in total. The maximum atomic E-state index is 11.9. The van der Waals surface area contributed by atoms with Gasteiger partial charge in [0.15, 0.2) is 0 Å². The van der Waals surface area contributed by atoms with Gasteiger partial charge >= 0.3 is 0 Å². The van der Waals surface area contributed by atoms with E-state index in [1.165, 1.54) is 0 Å². The van der Waals surface area contributed by atoms with Crippen molar-refractivity contribution >= 4 is 23.4 Å². The van der Waals surface area contributed by atoms with Crippen molar-refractivity contribution in [1.82, 2.24) is 0 Å². The number of nitrogens with two attached hydrogens (primary N) is 1. The summed E-state index contributed by atoms with van der Waals surface area (Å²) in [5, 5.41) is 8.66. The third-order valence-electron chi connectivity index (χ3n) is 2.85. The molecule has 1 aliphatic rings. The number of hydrogen-bond acceptors (Lipinski definition) is 4. The van der Waals surface area contributed by atoms with Crippen molar-refractivity contribution in [2.75, 3.05) is 23.7 Å². The van der Waals surface area contributed by atoms with Gasteiger partial charge in [-0.05, 0) is 30.7 Å². The van der Waals surface area contributed by atoms with E-state index in [-0.39, 0.29) is 5.91 Å². The Bertz CT molecular complexity index is 495. The van der Waals surface area contributed by atoms with Gasteiger partial charge in [-0.1, -0.05) is 6.07 Å². The molecule has 0 aromatic heterocycles. The number of anilines is 1. The summed E-state index contributed by atoms with van der Waals surface area (Å²) in [6.07, 6.45) is 1.16. The summed E-state index contributed by atoms with van der Waals surface area (Å²) < 4.78 is 0. The molecule has 0 saturated carbocycles. The SMILES string of the molecule is N#CCCN1C(=O)CSc2ccc(CCN)cc21. The van der Waals surface area contributed by atoms with E-state index in [9.17, 15) is 4.79 Å². The number of amides is 1. The van der Waals surface area contributed by atoms with Gasteiger partial charge in [0.05, 0.1) is 23.9 Å². The molecule has 0 bridgehead atoms. The molecule has 1 aromatic rings. The zero-order valence-corrected chi connectivity index (χ0v) is 10.9. The normalized spacial score (nSPS) is 14.2. The number of carbonyl (C=O) groups is 1. The molecule has 0 saturated heterocycles. The first kappa shape index (κ1) is 12.9. The number of thioether (sulfide) groups is 1. The first-order valence-electron chi connectivity index (χ1n) is 5.89. The van der Waals surface area contributed by atoms with E-state index in [4.69, 9.17) is 11.0 Å². The van der Waals surface area contributed by atoms with Crippen LogP contribution in [0.1, 0.15) is 12.0 Å². The molecule has 1 aliphatic heterocycles. The van der Waals surface area contributed by atoms with Crippen LogP contribution in [0.2, 0.25) is 0 Å². The molecule has 94 valence electrons. The van der Waals surface area contributed by atoms with Gasteiger partial charge in [-0.3, -0.25) is 4.79 Å². The number of carbonyl (C=O) groups excluding carboxylic acids is 1. The summed E-state index contributed by atoms with van der Waals surface area (Å²) in [5.41, 5.74) is 7.61. The lowest BCUT2D eigenvalue weighted by molar-refractivity contribution is -0.116. The lowest BCUT2D eigenvalue weighted by Gasteiger charge is -2.28. The Morgan fingerprint density at radius 1 is 1.50 bits per heavy atom. The zero-order valence-electron chi connectivity index (χ0n) is 10.1. The topological polar surface area (TPSA) is 70.1 Å². The van der Waals surface area contributed by atoms with Crippen molar-refractivity contribution in [3.8, 4) is 6.07 Å². The van der Waals surface area contributed by atoms with Crippen LogP contribution < -0.4 is 10.6 Å². The van der Waals surface area contributed by atoms with Crippen LogP contribution in [0.4, 0.5) is 5.69 Å². The van der Waals surface area contributed by atoms with Crippen LogP contribution in [0, 0.1) is 11.3 Å². The van der Waals surface area contributed by atoms with Crippen molar-refractivity contribution in [3.05, 3.63) is 23.8 Å². The van der Waals surface area contributed by atoms with Gasteiger partial charge in [0, 0.05) is 11.4 Å². The maximum absolute atomic E-state index is 11.9. The minimum absolute atomic E-state index is 0.0765. The van der Waals surface area contributed by atoms with Crippen LogP contribution in [0.15, 0.2) is 23.1 Å². The summed E-state index contributed by atoms with van der Waals surface area (Å²) in [7, 11) is 0. The van der Waals surface area contributed by atoms with E-state index in [2.05, 4.69) is 12.1 Å². The fourth-order valence-electron chi connectivity index (χ4n) is 1.98. The molecule has 0 radical (unpaired) electrons. The molecular weight excluding hydrogens is 246 g/mol. The van der Waals surface area contributed by atoms with Gasteiger partial charge in [0.25, 0.3) is 0 Å². The Kier molecular flexibility index (Phi) is 4.24. The molecule has 2 N–H and O–H groups in total. The molecular formula is C13H15N3OS. The minimum Gasteiger partial charge on any atom is -0.330 e. The molecule has 1 aromatic carbocycles. The van der Waals surface area contributed by atoms with Gasteiger partial charge in [-0.15, -0.1) is 11.8 Å². The number of nitrogens with zero attached hydrogens (tertiary/aromatic N) is 2. The molecule has 0 spiro atoms. The standard InChI is InChI=1S/C13H15N3OS/c14-5-1-7-16-11-8-10(4-6-15)2-3-12(11)18-9-13(16)17/h2-3,8H,1,4,6-7,9,15H2. The Labute approximate surface area is 111 Å². The van der Waals surface area contributed by atoms with E-state index < -0.39 is 0 Å². The van der Waals surface area contributed by atoms with Crippen molar-refractivity contribution in [2.24, 2.45) is 5.73 Å². The molecule has 1 amide bonds. The van der Waals surface area contributed by atoms with Crippen LogP contribution in [0.3, 0.4) is 0 Å². The van der Waals surface area contributed by atoms with Crippen LogP contribution in [-0.4, -0.2) is 24.7 Å². The molecule has 0 unspecified atom stereocenters. The highest BCUT2D eigenvalue weighted by Crippen LogP contribution is 2.36. The Balaban J connectivity index is 2.31. The molecule has 0 aliphatic carbocycles. The van der Waals surface area contributed by atoms with E-state index in [0.29, 0.717) is 25.3 Å². The lowest BCUT2D eigenvalue weighted by Crippen LogP contribution is -2.36. The third kappa shape index (κ3) is 2.66. The van der Waals surface area contributed by atoms with Gasteiger partial charge < -0.3 is 10.6 Å². The highest BCUT2D eigenvalue weighted by atomic mass is 32.2. The molecule has 2 rings (SSSR count). The molecule has 1 heterocycles. The van der Waals surface area contributed by atoms with Crippen molar-refractivity contribution in [1.29, 1.82) is 5.26 Å². The number of nitriles is 1. The van der Waals surface area contributed by atoms with Crippen molar-refractivity contribution in [2.45, 2.75) is 17.7 Å². The predicted octanol–water partition coefficient (Wildman–Crippen LogP) is 1.54. The van der Waals surface area contributed by atoms with Gasteiger partial charge in [0.2, 0.25) is 5.91 Å². The fourth-order valence-corrected chi connectivity index (χ4v) is 2.89. The molecule has 0 atom stereocenters. The first-order chi connectivity index (χ1) is 8.76. The Morgan fingerprint density at radius 2 is 2.33 bits per heavy atom. The van der Waals surface area contributed by atoms with Crippen LogP contribution in [-0.2, 0) is 11.2 Å². The molecule has 18 heavy (non-hydrogen) atoms. The second-order valence-electron chi connectivity index (χ2n) is 4.08. The second kappa shape index (κ2) is 5.89. The van der Waals surface area contributed by atoms with Crippen molar-refractivity contribution < 1.29 is 4.79 Å². The Hall–Kier alpha value is -1.51. The highest BCUT2D eigenvalue weighted by Gasteiger charge is 2.24. The van der Waals surface area contributed by atoms with Crippen LogP contribution in [0.5, 0.6) is 0 Å². The third-order valence-corrected chi connectivity index (χ3v) is 3.89. The van der Waals surface area contributed by atoms with Crippen molar-refractivity contribution in [3.63, 3.8) is 0 Å². The van der Waals surface area contributed by atoms with E-state index in [0.717, 1.165) is 22.6 Å². The highest BCUT2D eigenvalue weighted by molar-refractivity contribution is 8.00. The monoisotopic (exact) mass is 261 g/mol. The molecule has 5 heteroatoms. The largest absolute Gasteiger partial charge is 0.330 e. The summed E-state index contributed by atoms with van der Waals surface area (Å²) in [5.74, 6) is 0.530. The van der Waals surface area contributed by atoms with E-state index >= 15 is 0 Å². The average molecular weight is 261 g/mol.